The average Bonchev–Trinajstić information content (AvgIpc) is 3.62. The molecule has 0 radical (unpaired) electrons. The lowest BCUT2D eigenvalue weighted by molar-refractivity contribution is 0.100. The fourth-order valence-corrected chi connectivity index (χ4v) is 8.31. The van der Waals surface area contributed by atoms with Gasteiger partial charge in [-0.2, -0.15) is 15.1 Å². The number of halogens is 2. The van der Waals surface area contributed by atoms with Crippen LogP contribution < -0.4 is 14.4 Å². The van der Waals surface area contributed by atoms with Crippen LogP contribution in [0.15, 0.2) is 23.4 Å². The molecule has 1 N–H and O–H groups in total. The van der Waals surface area contributed by atoms with Crippen LogP contribution in [0.25, 0.3) is 33.1 Å². The van der Waals surface area contributed by atoms with Crippen molar-refractivity contribution >= 4 is 39.2 Å². The summed E-state index contributed by atoms with van der Waals surface area (Å²) in [6, 6.07) is 2.01. The molecule has 246 valence electrons. The number of hydrogen-bond acceptors (Lipinski definition) is 10. The SMILES string of the molecule is COc1nc(-c2c(C3CC3)c(Cl)cc3[nH]ncc23)c(F)c2nc(OCC34CCCN3CC(=C3COC3)C4)nc(N3CCCOCC3)c12. The molecular weight excluding hydrogens is 625 g/mol. The molecule has 0 amide bonds. The van der Waals surface area contributed by atoms with Crippen LogP contribution in [0.3, 0.4) is 0 Å². The fraction of sp³-hybridized carbons (Fsp3) is 0.529. The molecule has 1 unspecified atom stereocenters. The number of methoxy groups -OCH3 is 1. The van der Waals surface area contributed by atoms with Gasteiger partial charge in [-0.25, -0.2) is 9.37 Å². The van der Waals surface area contributed by atoms with Gasteiger partial charge in [0.15, 0.2) is 5.82 Å². The first-order valence-corrected chi connectivity index (χ1v) is 17.0. The van der Waals surface area contributed by atoms with Gasteiger partial charge in [0.2, 0.25) is 5.88 Å². The lowest BCUT2D eigenvalue weighted by Gasteiger charge is -2.31. The van der Waals surface area contributed by atoms with Crippen LogP contribution in [0.5, 0.6) is 11.9 Å². The van der Waals surface area contributed by atoms with Crippen LogP contribution in [0.1, 0.15) is 50.0 Å². The zero-order chi connectivity index (χ0) is 31.7. The van der Waals surface area contributed by atoms with E-state index in [2.05, 4.69) is 20.0 Å². The number of rotatable bonds is 7. The first-order chi connectivity index (χ1) is 23.0. The highest BCUT2D eigenvalue weighted by atomic mass is 35.5. The molecule has 11 nitrogen and oxygen atoms in total. The normalized spacial score (nSPS) is 23.4. The number of benzene rings is 1. The van der Waals surface area contributed by atoms with E-state index in [1.165, 1.54) is 11.1 Å². The van der Waals surface area contributed by atoms with Crippen molar-refractivity contribution < 1.29 is 23.3 Å². The van der Waals surface area contributed by atoms with Gasteiger partial charge in [0.1, 0.15) is 29.0 Å². The first kappa shape index (κ1) is 29.6. The van der Waals surface area contributed by atoms with Gasteiger partial charge in [0.25, 0.3) is 0 Å². The highest BCUT2D eigenvalue weighted by Crippen LogP contribution is 2.51. The number of pyridine rings is 1. The minimum atomic E-state index is -0.564. The number of ether oxygens (including phenoxy) is 4. The molecule has 4 saturated heterocycles. The van der Waals surface area contributed by atoms with Crippen LogP contribution >= 0.6 is 11.6 Å². The lowest BCUT2D eigenvalue weighted by Crippen LogP contribution is -2.43. The van der Waals surface area contributed by atoms with Crippen molar-refractivity contribution in [2.75, 3.05) is 71.2 Å². The molecule has 1 aromatic carbocycles. The Kier molecular flexibility index (Phi) is 7.25. The number of H-pyrrole nitrogens is 1. The summed E-state index contributed by atoms with van der Waals surface area (Å²) in [7, 11) is 1.55. The Morgan fingerprint density at radius 3 is 2.79 bits per heavy atom. The predicted molar refractivity (Wildman–Crippen MR) is 175 cm³/mol. The van der Waals surface area contributed by atoms with E-state index < -0.39 is 5.82 Å². The average molecular weight is 662 g/mol. The van der Waals surface area contributed by atoms with Crippen molar-refractivity contribution in [3.05, 3.63) is 39.8 Å². The molecule has 9 rings (SSSR count). The van der Waals surface area contributed by atoms with Crippen molar-refractivity contribution in [1.29, 1.82) is 0 Å². The summed E-state index contributed by atoms with van der Waals surface area (Å²) in [6.45, 7) is 6.32. The van der Waals surface area contributed by atoms with Crippen LogP contribution in [0.2, 0.25) is 5.02 Å². The molecular formula is C34H37ClFN7O4. The zero-order valence-corrected chi connectivity index (χ0v) is 27.2. The number of nitrogens with one attached hydrogen (secondary N) is 1. The van der Waals surface area contributed by atoms with Crippen molar-refractivity contribution in [1.82, 2.24) is 30.0 Å². The standard InChI is InChI=1S/C34H37ClFN7O4/c1-44-32-27-30(28(36)29(38-32)26-22-14-37-41-24(22)12-23(35)25(26)19-4-5-19)39-33(40-31(27)42-7-3-10-45-11-9-42)47-18-34-6-2-8-43(34)15-20(13-34)21-16-46-17-21/h12,14,19H,2-11,13,15-18H2,1H3,(H,37,41). The number of aromatic amines is 1. The number of aromatic nitrogens is 5. The summed E-state index contributed by atoms with van der Waals surface area (Å²) in [5.41, 5.74) is 5.22. The Bertz CT molecular complexity index is 1920. The predicted octanol–water partition coefficient (Wildman–Crippen LogP) is 5.42. The largest absolute Gasteiger partial charge is 0.480 e. The van der Waals surface area contributed by atoms with E-state index in [0.29, 0.717) is 60.2 Å². The first-order valence-electron chi connectivity index (χ1n) is 16.6. The summed E-state index contributed by atoms with van der Waals surface area (Å²) in [5, 5.41) is 8.98. The smallest absolute Gasteiger partial charge is 0.319 e. The van der Waals surface area contributed by atoms with Crippen molar-refractivity contribution in [2.45, 2.75) is 50.0 Å². The Balaban J connectivity index is 1.19. The summed E-state index contributed by atoms with van der Waals surface area (Å²) < 4.78 is 40.9. The third kappa shape index (κ3) is 4.94. The molecule has 13 heteroatoms. The highest BCUT2D eigenvalue weighted by Gasteiger charge is 2.48. The van der Waals surface area contributed by atoms with Gasteiger partial charge in [-0.05, 0) is 68.2 Å². The molecule has 7 heterocycles. The maximum Gasteiger partial charge on any atom is 0.319 e. The van der Waals surface area contributed by atoms with E-state index in [4.69, 9.17) is 45.5 Å². The van der Waals surface area contributed by atoms with Gasteiger partial charge in [0, 0.05) is 42.2 Å². The van der Waals surface area contributed by atoms with E-state index in [0.717, 1.165) is 75.8 Å². The minimum absolute atomic E-state index is 0.108. The molecule has 4 aromatic rings. The van der Waals surface area contributed by atoms with Gasteiger partial charge in [-0.1, -0.05) is 17.2 Å². The number of fused-ring (bicyclic) bond motifs is 3. The molecule has 47 heavy (non-hydrogen) atoms. The van der Waals surface area contributed by atoms with E-state index >= 15 is 4.39 Å². The number of hydrogen-bond donors (Lipinski definition) is 1. The van der Waals surface area contributed by atoms with Crippen LogP contribution in [0, 0.1) is 5.82 Å². The van der Waals surface area contributed by atoms with E-state index in [-0.39, 0.29) is 34.6 Å². The second kappa shape index (κ2) is 11.5. The van der Waals surface area contributed by atoms with Crippen LogP contribution in [-0.2, 0) is 9.47 Å². The molecule has 4 aliphatic heterocycles. The van der Waals surface area contributed by atoms with E-state index in [1.807, 2.05) is 6.07 Å². The van der Waals surface area contributed by atoms with Gasteiger partial charge in [-0.15, -0.1) is 0 Å². The third-order valence-corrected chi connectivity index (χ3v) is 10.9. The number of anilines is 1. The summed E-state index contributed by atoms with van der Waals surface area (Å²) in [6.07, 6.45) is 7.57. The summed E-state index contributed by atoms with van der Waals surface area (Å²) in [4.78, 5) is 19.2. The molecule has 0 spiro atoms. The zero-order valence-electron chi connectivity index (χ0n) is 26.4. The molecule has 1 atom stereocenters. The van der Waals surface area contributed by atoms with Crippen LogP contribution in [0.4, 0.5) is 10.2 Å². The summed E-state index contributed by atoms with van der Waals surface area (Å²) in [5.74, 6) is 0.444. The Morgan fingerprint density at radius 1 is 1.09 bits per heavy atom. The van der Waals surface area contributed by atoms with Gasteiger partial charge >= 0.3 is 6.01 Å². The van der Waals surface area contributed by atoms with Crippen LogP contribution in [-0.4, -0.2) is 102 Å². The second-order valence-electron chi connectivity index (χ2n) is 13.5. The Morgan fingerprint density at radius 2 is 1.98 bits per heavy atom. The van der Waals surface area contributed by atoms with Crippen molar-refractivity contribution in [3.8, 4) is 23.1 Å². The quantitative estimate of drug-likeness (QED) is 0.258. The van der Waals surface area contributed by atoms with Gasteiger partial charge in [-0.3, -0.25) is 10.00 Å². The molecule has 5 fully saturated rings. The molecule has 0 bridgehead atoms. The minimum Gasteiger partial charge on any atom is -0.480 e. The third-order valence-electron chi connectivity index (χ3n) is 10.6. The lowest BCUT2D eigenvalue weighted by atomic mass is 9.91. The van der Waals surface area contributed by atoms with Crippen molar-refractivity contribution in [3.63, 3.8) is 0 Å². The van der Waals surface area contributed by atoms with Crippen molar-refractivity contribution in [2.24, 2.45) is 0 Å². The summed E-state index contributed by atoms with van der Waals surface area (Å²) >= 11 is 6.84. The Hall–Kier alpha value is -3.58. The second-order valence-corrected chi connectivity index (χ2v) is 13.9. The van der Waals surface area contributed by atoms with Gasteiger partial charge in [0.05, 0.1) is 44.2 Å². The fourth-order valence-electron chi connectivity index (χ4n) is 7.95. The monoisotopic (exact) mass is 661 g/mol. The molecule has 5 aliphatic rings. The molecule has 3 aromatic heterocycles. The topological polar surface area (TPSA) is 111 Å². The highest BCUT2D eigenvalue weighted by molar-refractivity contribution is 6.33. The van der Waals surface area contributed by atoms with Gasteiger partial charge < -0.3 is 23.8 Å². The Labute approximate surface area is 276 Å². The molecule has 1 aliphatic carbocycles. The maximum atomic E-state index is 17.2. The van der Waals surface area contributed by atoms with E-state index in [1.54, 1.807) is 13.3 Å². The maximum absolute atomic E-state index is 17.2. The van der Waals surface area contributed by atoms with E-state index in [9.17, 15) is 0 Å². The molecule has 1 saturated carbocycles. The number of nitrogens with zero attached hydrogens (tertiary/aromatic N) is 6.